The molecule has 3 rings (SSSR count). The molecule has 0 aliphatic heterocycles. The molecule has 134 valence electrons. The van der Waals surface area contributed by atoms with Crippen LogP contribution in [0.1, 0.15) is 49.6 Å². The van der Waals surface area contributed by atoms with Crippen molar-refractivity contribution in [2.24, 2.45) is 0 Å². The number of carbonyl (C=O) groups excluding carboxylic acids is 1. The molecule has 6 heteroatoms. The van der Waals surface area contributed by atoms with Crippen LogP contribution in [0.5, 0.6) is 0 Å². The van der Waals surface area contributed by atoms with Crippen molar-refractivity contribution >= 4 is 6.03 Å². The second-order valence-corrected chi connectivity index (χ2v) is 7.28. The minimum atomic E-state index is -0.640. The van der Waals surface area contributed by atoms with Crippen molar-refractivity contribution in [2.45, 2.75) is 51.2 Å². The number of rotatable bonds is 5. The molecule has 1 aliphatic rings. The van der Waals surface area contributed by atoms with Gasteiger partial charge in [0.1, 0.15) is 0 Å². The first kappa shape index (κ1) is 17.5. The van der Waals surface area contributed by atoms with Crippen LogP contribution in [0.3, 0.4) is 0 Å². The fourth-order valence-electron chi connectivity index (χ4n) is 3.20. The van der Waals surface area contributed by atoms with E-state index in [9.17, 15) is 9.90 Å². The van der Waals surface area contributed by atoms with Gasteiger partial charge >= 0.3 is 6.03 Å². The van der Waals surface area contributed by atoms with E-state index < -0.39 is 5.54 Å². The van der Waals surface area contributed by atoms with Gasteiger partial charge in [-0.25, -0.2) is 4.79 Å². The zero-order chi connectivity index (χ0) is 17.9. The fourth-order valence-corrected chi connectivity index (χ4v) is 3.20. The number of benzene rings is 1. The summed E-state index contributed by atoms with van der Waals surface area (Å²) in [6.45, 7) is 4.21. The smallest absolute Gasteiger partial charge is 0.315 e. The number of amides is 2. The molecular formula is C19H26N4O2. The largest absolute Gasteiger partial charge is 0.394 e. The third kappa shape index (κ3) is 4.20. The molecule has 2 aromatic rings. The number of urea groups is 1. The van der Waals surface area contributed by atoms with E-state index in [1.54, 1.807) is 13.8 Å². The molecule has 1 aromatic heterocycles. The monoisotopic (exact) mass is 342 g/mol. The first-order chi connectivity index (χ1) is 12.0. The topological polar surface area (TPSA) is 79.2 Å². The zero-order valence-electron chi connectivity index (χ0n) is 14.8. The molecule has 0 bridgehead atoms. The maximum absolute atomic E-state index is 12.2. The van der Waals surface area contributed by atoms with Crippen LogP contribution in [0.15, 0.2) is 36.5 Å². The number of nitrogens with one attached hydrogen (secondary N) is 2. The third-order valence-electron chi connectivity index (χ3n) is 4.59. The molecule has 0 unspecified atom stereocenters. The highest BCUT2D eigenvalue weighted by molar-refractivity contribution is 5.75. The second kappa shape index (κ2) is 7.27. The van der Waals surface area contributed by atoms with E-state index in [2.05, 4.69) is 27.9 Å². The highest BCUT2D eigenvalue weighted by atomic mass is 16.3. The van der Waals surface area contributed by atoms with E-state index in [0.717, 1.165) is 31.4 Å². The summed E-state index contributed by atoms with van der Waals surface area (Å²) in [5.74, 6) is 0. The van der Waals surface area contributed by atoms with Crippen molar-refractivity contribution in [2.75, 3.05) is 6.61 Å². The summed E-state index contributed by atoms with van der Waals surface area (Å²) < 4.78 is 2.04. The van der Waals surface area contributed by atoms with Crippen LogP contribution in [0.4, 0.5) is 4.79 Å². The zero-order valence-corrected chi connectivity index (χ0v) is 14.8. The number of hydrogen-bond donors (Lipinski definition) is 3. The summed E-state index contributed by atoms with van der Waals surface area (Å²) in [5, 5.41) is 19.7. The maximum Gasteiger partial charge on any atom is 0.315 e. The number of aromatic nitrogens is 2. The third-order valence-corrected chi connectivity index (χ3v) is 4.59. The first-order valence-corrected chi connectivity index (χ1v) is 8.76. The molecule has 1 aliphatic carbocycles. The average molecular weight is 342 g/mol. The van der Waals surface area contributed by atoms with Crippen molar-refractivity contribution < 1.29 is 9.90 Å². The molecule has 0 saturated heterocycles. The average Bonchev–Trinajstić information content (AvgIpc) is 2.99. The van der Waals surface area contributed by atoms with Gasteiger partial charge in [-0.3, -0.25) is 4.68 Å². The van der Waals surface area contributed by atoms with E-state index in [0.29, 0.717) is 0 Å². The Balaban J connectivity index is 1.71. The highest BCUT2D eigenvalue weighted by Crippen LogP contribution is 2.30. The van der Waals surface area contributed by atoms with E-state index in [1.807, 2.05) is 29.1 Å². The first-order valence-electron chi connectivity index (χ1n) is 8.76. The van der Waals surface area contributed by atoms with Crippen molar-refractivity contribution in [3.8, 4) is 0 Å². The van der Waals surface area contributed by atoms with Gasteiger partial charge in [-0.05, 0) is 38.7 Å². The predicted octanol–water partition coefficient (Wildman–Crippen LogP) is 2.38. The molecule has 1 atom stereocenters. The Morgan fingerprint density at radius 1 is 1.36 bits per heavy atom. The molecule has 25 heavy (non-hydrogen) atoms. The normalized spacial score (nSPS) is 17.0. The molecule has 6 nitrogen and oxygen atoms in total. The summed E-state index contributed by atoms with van der Waals surface area (Å²) in [6, 6.07) is 9.96. The Morgan fingerprint density at radius 3 is 2.84 bits per heavy atom. The van der Waals surface area contributed by atoms with Gasteiger partial charge in [0.05, 0.1) is 30.9 Å². The summed E-state index contributed by atoms with van der Waals surface area (Å²) in [5.41, 5.74) is 2.87. The lowest BCUT2D eigenvalue weighted by Crippen LogP contribution is -2.51. The molecule has 1 heterocycles. The molecular weight excluding hydrogens is 316 g/mol. The van der Waals surface area contributed by atoms with Crippen molar-refractivity contribution in [1.82, 2.24) is 20.4 Å². The summed E-state index contributed by atoms with van der Waals surface area (Å²) in [4.78, 5) is 12.2. The Labute approximate surface area is 148 Å². The number of carbonyl (C=O) groups is 1. The van der Waals surface area contributed by atoms with Gasteiger partial charge in [0.2, 0.25) is 0 Å². The van der Waals surface area contributed by atoms with Gasteiger partial charge in [0.15, 0.2) is 0 Å². The molecule has 0 saturated carbocycles. The van der Waals surface area contributed by atoms with Gasteiger partial charge in [0.25, 0.3) is 0 Å². The summed E-state index contributed by atoms with van der Waals surface area (Å²) in [7, 11) is 0. The lowest BCUT2D eigenvalue weighted by molar-refractivity contribution is 0.180. The molecule has 2 amide bonds. The SMILES string of the molecule is CC(C)(CO)NC(=O)N[C@H]1CCCc2c1cnn2Cc1ccccc1. The highest BCUT2D eigenvalue weighted by Gasteiger charge is 2.27. The van der Waals surface area contributed by atoms with Gasteiger partial charge in [-0.2, -0.15) is 5.10 Å². The second-order valence-electron chi connectivity index (χ2n) is 7.28. The van der Waals surface area contributed by atoms with Gasteiger partial charge < -0.3 is 15.7 Å². The molecule has 0 radical (unpaired) electrons. The minimum Gasteiger partial charge on any atom is -0.394 e. The number of fused-ring (bicyclic) bond motifs is 1. The van der Waals surface area contributed by atoms with E-state index in [1.165, 1.54) is 11.3 Å². The lowest BCUT2D eigenvalue weighted by atomic mass is 9.93. The Morgan fingerprint density at radius 2 is 2.12 bits per heavy atom. The van der Waals surface area contributed by atoms with E-state index >= 15 is 0 Å². The van der Waals surface area contributed by atoms with Crippen LogP contribution in [0.25, 0.3) is 0 Å². The number of hydrogen-bond acceptors (Lipinski definition) is 3. The minimum absolute atomic E-state index is 0.0391. The molecule has 3 N–H and O–H groups in total. The van der Waals surface area contributed by atoms with E-state index in [4.69, 9.17) is 0 Å². The molecule has 0 spiro atoms. The van der Waals surface area contributed by atoms with Crippen LogP contribution in [0.2, 0.25) is 0 Å². The summed E-state index contributed by atoms with van der Waals surface area (Å²) in [6.07, 6.45) is 4.77. The number of nitrogens with zero attached hydrogens (tertiary/aromatic N) is 2. The fraction of sp³-hybridized carbons (Fsp3) is 0.474. The maximum atomic E-state index is 12.2. The van der Waals surface area contributed by atoms with Crippen LogP contribution in [0, 0.1) is 0 Å². The molecule has 0 fully saturated rings. The van der Waals surface area contributed by atoms with Crippen molar-refractivity contribution in [3.05, 3.63) is 53.3 Å². The lowest BCUT2D eigenvalue weighted by Gasteiger charge is -2.28. The van der Waals surface area contributed by atoms with Crippen molar-refractivity contribution in [1.29, 1.82) is 0 Å². The molecule has 1 aromatic carbocycles. The van der Waals surface area contributed by atoms with Crippen LogP contribution < -0.4 is 10.6 Å². The standard InChI is InChI=1S/C19H26N4O2/c1-19(2,13-24)22-18(25)21-16-9-6-10-17-15(16)11-20-23(17)12-14-7-4-3-5-8-14/h3-5,7-8,11,16,24H,6,9-10,12-13H2,1-2H3,(H2,21,22,25)/t16-/m0/s1. The van der Waals surface area contributed by atoms with Gasteiger partial charge in [-0.15, -0.1) is 0 Å². The Hall–Kier alpha value is -2.34. The quantitative estimate of drug-likeness (QED) is 0.780. The van der Waals surface area contributed by atoms with Gasteiger partial charge in [0, 0.05) is 11.3 Å². The van der Waals surface area contributed by atoms with Gasteiger partial charge in [-0.1, -0.05) is 30.3 Å². The number of aliphatic hydroxyl groups excluding tert-OH is 1. The van der Waals surface area contributed by atoms with Crippen LogP contribution >= 0.6 is 0 Å². The summed E-state index contributed by atoms with van der Waals surface area (Å²) >= 11 is 0. The predicted molar refractivity (Wildman–Crippen MR) is 96.3 cm³/mol. The Kier molecular flexibility index (Phi) is 5.08. The van der Waals surface area contributed by atoms with Crippen LogP contribution in [-0.2, 0) is 13.0 Å². The van der Waals surface area contributed by atoms with Crippen LogP contribution in [-0.4, -0.2) is 33.1 Å². The van der Waals surface area contributed by atoms with Crippen molar-refractivity contribution in [3.63, 3.8) is 0 Å². The Bertz CT molecular complexity index is 724. The number of aliphatic hydroxyl groups is 1. The van der Waals surface area contributed by atoms with E-state index in [-0.39, 0.29) is 18.7 Å².